The molecule has 0 fully saturated rings. The summed E-state index contributed by atoms with van der Waals surface area (Å²) >= 11 is 0. The van der Waals surface area contributed by atoms with Crippen LogP contribution in [0.15, 0.2) is 53.5 Å². The van der Waals surface area contributed by atoms with Crippen molar-refractivity contribution >= 4 is 35.8 Å². The number of alkyl halides is 3. The summed E-state index contributed by atoms with van der Waals surface area (Å²) in [4.78, 5) is 18.2. The second-order valence-corrected chi connectivity index (χ2v) is 6.61. The molecule has 0 aromatic heterocycles. The maximum atomic E-state index is 12.6. The van der Waals surface area contributed by atoms with Gasteiger partial charge in [-0.1, -0.05) is 30.3 Å². The number of nitrogens with zero attached hydrogens (tertiary/aromatic N) is 2. The van der Waals surface area contributed by atoms with Gasteiger partial charge in [0.05, 0.1) is 0 Å². The largest absolute Gasteiger partial charge is 0.573 e. The molecule has 32 heavy (non-hydrogen) atoms. The summed E-state index contributed by atoms with van der Waals surface area (Å²) in [5, 5.41) is 6.07. The molecule has 2 N–H and O–H groups in total. The fourth-order valence-electron chi connectivity index (χ4n) is 2.92. The van der Waals surface area contributed by atoms with Gasteiger partial charge in [-0.3, -0.25) is 9.79 Å². The Balaban J connectivity index is 0.00000512. The van der Waals surface area contributed by atoms with E-state index in [2.05, 4.69) is 20.4 Å². The topological polar surface area (TPSA) is 66.0 Å². The lowest BCUT2D eigenvalue weighted by Crippen LogP contribution is -2.36. The molecule has 2 aromatic carbocycles. The van der Waals surface area contributed by atoms with Gasteiger partial charge in [0.25, 0.3) is 5.91 Å². The summed E-state index contributed by atoms with van der Waals surface area (Å²) in [6, 6.07) is 13.2. The molecular weight excluding hydrogens is 536 g/mol. The molecular formula is C22H28F3IN4O2. The van der Waals surface area contributed by atoms with Crippen LogP contribution in [0.4, 0.5) is 13.2 Å². The van der Waals surface area contributed by atoms with E-state index >= 15 is 0 Å². The minimum atomic E-state index is -4.76. The molecule has 0 aliphatic carbocycles. The van der Waals surface area contributed by atoms with Crippen molar-refractivity contribution < 1.29 is 22.7 Å². The summed E-state index contributed by atoms with van der Waals surface area (Å²) in [7, 11) is 1.57. The number of ether oxygens (including phenoxy) is 1. The van der Waals surface area contributed by atoms with Crippen LogP contribution in [0.1, 0.15) is 35.3 Å². The number of carbonyl (C=O) groups excluding carboxylic acids is 1. The minimum absolute atomic E-state index is 0. The van der Waals surface area contributed by atoms with Crippen LogP contribution in [0.5, 0.6) is 5.75 Å². The average molecular weight is 564 g/mol. The van der Waals surface area contributed by atoms with Gasteiger partial charge in [-0.2, -0.15) is 0 Å². The number of amides is 1. The number of aliphatic imine (C=N–C) groups is 1. The summed E-state index contributed by atoms with van der Waals surface area (Å²) < 4.78 is 41.7. The fourth-order valence-corrected chi connectivity index (χ4v) is 2.92. The fraction of sp³-hybridized carbons (Fsp3) is 0.364. The molecule has 2 aromatic rings. The zero-order chi connectivity index (χ0) is 22.9. The van der Waals surface area contributed by atoms with Crippen LogP contribution in [-0.2, 0) is 13.1 Å². The number of nitrogens with one attached hydrogen (secondary N) is 2. The highest BCUT2D eigenvalue weighted by Crippen LogP contribution is 2.26. The quantitative estimate of drug-likeness (QED) is 0.281. The zero-order valence-electron chi connectivity index (χ0n) is 18.2. The van der Waals surface area contributed by atoms with E-state index in [1.165, 1.54) is 12.1 Å². The lowest BCUT2D eigenvalue weighted by Gasteiger charge is -2.18. The number of rotatable bonds is 8. The molecule has 0 spiro atoms. The second-order valence-electron chi connectivity index (χ2n) is 6.61. The van der Waals surface area contributed by atoms with Gasteiger partial charge in [0.15, 0.2) is 5.96 Å². The highest BCUT2D eigenvalue weighted by molar-refractivity contribution is 14.0. The van der Waals surface area contributed by atoms with Gasteiger partial charge in [-0.15, -0.1) is 37.1 Å². The monoisotopic (exact) mass is 564 g/mol. The van der Waals surface area contributed by atoms with Crippen molar-refractivity contribution in [2.24, 2.45) is 4.99 Å². The summed E-state index contributed by atoms with van der Waals surface area (Å²) in [6.07, 6.45) is -4.76. The number of guanidine groups is 1. The van der Waals surface area contributed by atoms with Crippen molar-refractivity contribution in [1.29, 1.82) is 0 Å². The summed E-state index contributed by atoms with van der Waals surface area (Å²) in [5.74, 6) is 0.151. The molecule has 0 saturated carbocycles. The van der Waals surface area contributed by atoms with Gasteiger partial charge < -0.3 is 20.3 Å². The smallest absolute Gasteiger partial charge is 0.405 e. The Morgan fingerprint density at radius 3 is 2.16 bits per heavy atom. The molecule has 0 bridgehead atoms. The average Bonchev–Trinajstić information content (AvgIpc) is 2.75. The van der Waals surface area contributed by atoms with Crippen LogP contribution >= 0.6 is 24.0 Å². The second kappa shape index (κ2) is 13.1. The van der Waals surface area contributed by atoms with Crippen LogP contribution in [0.25, 0.3) is 0 Å². The van der Waals surface area contributed by atoms with E-state index in [0.29, 0.717) is 36.7 Å². The van der Waals surface area contributed by atoms with Crippen molar-refractivity contribution in [3.05, 3.63) is 65.2 Å². The van der Waals surface area contributed by atoms with E-state index in [-0.39, 0.29) is 42.2 Å². The Bertz CT molecular complexity index is 885. The standard InChI is InChI=1S/C22H27F3N4O2.HI/c1-4-29(5-2)20(30)17-12-10-16(11-13-17)14-27-21(26-3)28-15-18-8-6-7-9-19(18)31-22(23,24)25;/h6-13H,4-5,14-15H2,1-3H3,(H2,26,27,28);1H. The lowest BCUT2D eigenvalue weighted by atomic mass is 10.1. The van der Waals surface area contributed by atoms with Crippen LogP contribution in [0.3, 0.4) is 0 Å². The molecule has 0 aliphatic heterocycles. The number of benzene rings is 2. The Morgan fingerprint density at radius 1 is 1.00 bits per heavy atom. The number of para-hydroxylation sites is 1. The van der Waals surface area contributed by atoms with Crippen LogP contribution in [0.2, 0.25) is 0 Å². The summed E-state index contributed by atoms with van der Waals surface area (Å²) in [5.41, 5.74) is 1.90. The normalized spacial score (nSPS) is 11.4. The van der Waals surface area contributed by atoms with Crippen LogP contribution in [-0.4, -0.2) is 43.3 Å². The van der Waals surface area contributed by atoms with Gasteiger partial charge >= 0.3 is 6.36 Å². The minimum Gasteiger partial charge on any atom is -0.405 e. The Kier molecular flexibility index (Phi) is 11.3. The first-order valence-electron chi connectivity index (χ1n) is 9.93. The molecule has 6 nitrogen and oxygen atoms in total. The van der Waals surface area contributed by atoms with Crippen molar-refractivity contribution in [3.8, 4) is 5.75 Å². The van der Waals surface area contributed by atoms with Crippen molar-refractivity contribution in [1.82, 2.24) is 15.5 Å². The molecule has 1 amide bonds. The van der Waals surface area contributed by atoms with E-state index < -0.39 is 6.36 Å². The van der Waals surface area contributed by atoms with E-state index in [4.69, 9.17) is 0 Å². The molecule has 10 heteroatoms. The molecule has 176 valence electrons. The van der Waals surface area contributed by atoms with Crippen molar-refractivity contribution in [3.63, 3.8) is 0 Å². The SMILES string of the molecule is CCN(CC)C(=O)c1ccc(CNC(=NC)NCc2ccccc2OC(F)(F)F)cc1.I. The maximum Gasteiger partial charge on any atom is 0.573 e. The third-order valence-electron chi connectivity index (χ3n) is 4.58. The maximum absolute atomic E-state index is 12.6. The Morgan fingerprint density at radius 2 is 1.59 bits per heavy atom. The zero-order valence-corrected chi connectivity index (χ0v) is 20.5. The first-order chi connectivity index (χ1) is 14.8. The molecule has 0 saturated heterocycles. The first kappa shape index (κ1) is 27.5. The van der Waals surface area contributed by atoms with Gasteiger partial charge in [-0.05, 0) is 37.6 Å². The number of hydrogen-bond acceptors (Lipinski definition) is 3. The molecule has 0 atom stereocenters. The van der Waals surface area contributed by atoms with E-state index in [9.17, 15) is 18.0 Å². The van der Waals surface area contributed by atoms with Gasteiger partial charge in [0, 0.05) is 44.4 Å². The predicted octanol–water partition coefficient (Wildman–Crippen LogP) is 4.55. The Labute approximate surface area is 203 Å². The predicted molar refractivity (Wildman–Crippen MR) is 129 cm³/mol. The number of hydrogen-bond donors (Lipinski definition) is 2. The third-order valence-corrected chi connectivity index (χ3v) is 4.58. The van der Waals surface area contributed by atoms with E-state index in [0.717, 1.165) is 5.56 Å². The molecule has 0 heterocycles. The summed E-state index contributed by atoms with van der Waals surface area (Å²) in [6.45, 7) is 5.71. The van der Waals surface area contributed by atoms with Gasteiger partial charge in [0.1, 0.15) is 5.75 Å². The molecule has 0 unspecified atom stereocenters. The van der Waals surface area contributed by atoms with Gasteiger partial charge in [0.2, 0.25) is 0 Å². The lowest BCUT2D eigenvalue weighted by molar-refractivity contribution is -0.274. The van der Waals surface area contributed by atoms with Crippen molar-refractivity contribution in [2.45, 2.75) is 33.3 Å². The third kappa shape index (κ3) is 8.56. The van der Waals surface area contributed by atoms with Gasteiger partial charge in [-0.25, -0.2) is 0 Å². The molecule has 0 radical (unpaired) electrons. The van der Waals surface area contributed by atoms with Crippen molar-refractivity contribution in [2.75, 3.05) is 20.1 Å². The highest BCUT2D eigenvalue weighted by atomic mass is 127. The highest BCUT2D eigenvalue weighted by Gasteiger charge is 2.31. The van der Waals surface area contributed by atoms with Crippen LogP contribution < -0.4 is 15.4 Å². The first-order valence-corrected chi connectivity index (χ1v) is 9.93. The van der Waals surface area contributed by atoms with E-state index in [1.807, 2.05) is 26.0 Å². The van der Waals surface area contributed by atoms with Crippen LogP contribution in [0, 0.1) is 0 Å². The number of halogens is 4. The Hall–Kier alpha value is -2.50. The van der Waals surface area contributed by atoms with E-state index in [1.54, 1.807) is 36.2 Å². The number of carbonyl (C=O) groups is 1. The molecule has 2 rings (SSSR count). The molecule has 0 aliphatic rings.